The maximum Gasteiger partial charge on any atom is 0.326 e. The van der Waals surface area contributed by atoms with E-state index in [0.29, 0.717) is 78.5 Å². The zero-order valence-corrected chi connectivity index (χ0v) is 27.2. The third kappa shape index (κ3) is 27.1. The minimum atomic E-state index is -1.52. The third-order valence-corrected chi connectivity index (χ3v) is 6.44. The highest BCUT2D eigenvalue weighted by atomic mass is 16.5. The lowest BCUT2D eigenvalue weighted by Crippen LogP contribution is -2.51. The number of nitrogens with one attached hydrogen (secondary N) is 5. The van der Waals surface area contributed by atoms with E-state index in [1.165, 1.54) is 0 Å². The lowest BCUT2D eigenvalue weighted by Gasteiger charge is -2.18. The van der Waals surface area contributed by atoms with Gasteiger partial charge in [0, 0.05) is 38.9 Å². The molecule has 276 valence electrons. The van der Waals surface area contributed by atoms with Gasteiger partial charge in [0.15, 0.2) is 0 Å². The summed E-state index contributed by atoms with van der Waals surface area (Å²) in [6.07, 6.45) is 2.98. The van der Waals surface area contributed by atoms with Gasteiger partial charge in [-0.2, -0.15) is 0 Å². The van der Waals surface area contributed by atoms with E-state index < -0.39 is 60.9 Å². The van der Waals surface area contributed by atoms with E-state index >= 15 is 0 Å². The van der Waals surface area contributed by atoms with Gasteiger partial charge in [0.2, 0.25) is 17.7 Å². The second kappa shape index (κ2) is 29.1. The Kier molecular flexibility index (Phi) is 26.6. The Morgan fingerprint density at radius 1 is 0.500 bits per heavy atom. The summed E-state index contributed by atoms with van der Waals surface area (Å²) in [7, 11) is 0. The van der Waals surface area contributed by atoms with Gasteiger partial charge in [-0.3, -0.25) is 19.2 Å². The Morgan fingerprint density at radius 2 is 0.938 bits per heavy atom. The van der Waals surface area contributed by atoms with Gasteiger partial charge in [-0.1, -0.05) is 19.3 Å². The average molecular weight is 694 g/mol. The van der Waals surface area contributed by atoms with E-state index in [2.05, 4.69) is 21.3 Å². The van der Waals surface area contributed by atoms with Crippen LogP contribution in [0.15, 0.2) is 0 Å². The van der Waals surface area contributed by atoms with Crippen LogP contribution in [0.2, 0.25) is 0 Å². The van der Waals surface area contributed by atoms with E-state index in [1.807, 2.05) is 5.32 Å². The number of hydrogen-bond donors (Lipinski definition) is 9. The Labute approximate surface area is 278 Å². The number of aliphatic carboxylic acids is 3. The predicted octanol–water partition coefficient (Wildman–Crippen LogP) is -1.43. The standard InChI is InChI=1S/C29H51N5O14/c35-20-25(38)32-13-15-47-17-19-48-18-16-46-14-12-31-23(36)6-4-2-1-3-5-11-30-24(37)9-7-21(27(41)42)33-29(45)34-22(28(43)44)8-10-26(39)40/h21-22,35H,1-20H2,(H,30,37)(H,31,36)(H,32,38)(H,39,40)(H,41,42)(H,43,44)(H2,33,34,45)/t21-,22-/m0/s1. The first-order valence-corrected chi connectivity index (χ1v) is 15.8. The Morgan fingerprint density at radius 3 is 1.46 bits per heavy atom. The molecule has 0 saturated heterocycles. The van der Waals surface area contributed by atoms with Crippen LogP contribution in [0.4, 0.5) is 4.79 Å². The molecule has 2 atom stereocenters. The molecule has 0 saturated carbocycles. The molecule has 0 aromatic heterocycles. The molecule has 0 bridgehead atoms. The molecule has 0 spiro atoms. The summed E-state index contributed by atoms with van der Waals surface area (Å²) in [6.45, 7) is 2.69. The first-order chi connectivity index (χ1) is 23.0. The molecular weight excluding hydrogens is 642 g/mol. The van der Waals surface area contributed by atoms with Crippen molar-refractivity contribution in [1.82, 2.24) is 26.6 Å². The first kappa shape index (κ1) is 43.9. The average Bonchev–Trinajstić information content (AvgIpc) is 3.03. The normalized spacial score (nSPS) is 11.9. The summed E-state index contributed by atoms with van der Waals surface area (Å²) < 4.78 is 16.0. The molecule has 48 heavy (non-hydrogen) atoms. The lowest BCUT2D eigenvalue weighted by molar-refractivity contribution is -0.141. The monoisotopic (exact) mass is 693 g/mol. The summed E-state index contributed by atoms with van der Waals surface area (Å²) in [6, 6.07) is -4.09. The Bertz CT molecular complexity index is 984. The molecule has 0 heterocycles. The number of carboxylic acid groups (broad SMARTS) is 3. The number of ether oxygens (including phenoxy) is 3. The molecule has 9 N–H and O–H groups in total. The van der Waals surface area contributed by atoms with Crippen LogP contribution in [-0.2, 0) is 43.0 Å². The van der Waals surface area contributed by atoms with Gasteiger partial charge in [-0.05, 0) is 25.7 Å². The number of aliphatic hydroxyl groups excluding tert-OH is 1. The molecule has 0 aromatic rings. The number of amides is 5. The number of unbranched alkanes of at least 4 members (excludes halogenated alkanes) is 4. The topological polar surface area (TPSA) is 288 Å². The number of carbonyl (C=O) groups is 7. The van der Waals surface area contributed by atoms with Crippen LogP contribution in [-0.4, -0.2) is 140 Å². The van der Waals surface area contributed by atoms with Crippen molar-refractivity contribution in [2.75, 3.05) is 65.9 Å². The Hall–Kier alpha value is -4.07. The maximum atomic E-state index is 12.1. The fourth-order valence-electron chi connectivity index (χ4n) is 3.88. The minimum absolute atomic E-state index is 0.0686. The van der Waals surface area contributed by atoms with Crippen molar-refractivity contribution in [3.63, 3.8) is 0 Å². The zero-order chi connectivity index (χ0) is 36.0. The minimum Gasteiger partial charge on any atom is -0.481 e. The van der Waals surface area contributed by atoms with Crippen molar-refractivity contribution in [3.8, 4) is 0 Å². The van der Waals surface area contributed by atoms with Crippen LogP contribution >= 0.6 is 0 Å². The molecule has 0 aliphatic carbocycles. The van der Waals surface area contributed by atoms with Crippen LogP contribution in [0.3, 0.4) is 0 Å². The third-order valence-electron chi connectivity index (χ3n) is 6.44. The van der Waals surface area contributed by atoms with E-state index in [1.54, 1.807) is 0 Å². The first-order valence-electron chi connectivity index (χ1n) is 15.8. The highest BCUT2D eigenvalue weighted by molar-refractivity contribution is 5.86. The van der Waals surface area contributed by atoms with Crippen LogP contribution in [0, 0.1) is 0 Å². The van der Waals surface area contributed by atoms with Gasteiger partial charge >= 0.3 is 23.9 Å². The molecule has 0 aromatic carbocycles. The molecule has 19 nitrogen and oxygen atoms in total. The van der Waals surface area contributed by atoms with E-state index in [4.69, 9.17) is 29.5 Å². The van der Waals surface area contributed by atoms with E-state index in [0.717, 1.165) is 19.3 Å². The van der Waals surface area contributed by atoms with Crippen LogP contribution in [0.1, 0.15) is 64.2 Å². The van der Waals surface area contributed by atoms with Gasteiger partial charge in [-0.15, -0.1) is 0 Å². The highest BCUT2D eigenvalue weighted by Gasteiger charge is 2.25. The zero-order valence-electron chi connectivity index (χ0n) is 27.2. The molecule has 0 unspecified atom stereocenters. The largest absolute Gasteiger partial charge is 0.481 e. The molecule has 0 fully saturated rings. The van der Waals surface area contributed by atoms with E-state index in [-0.39, 0.29) is 25.2 Å². The lowest BCUT2D eigenvalue weighted by atomic mass is 10.1. The molecular formula is C29H51N5O14. The van der Waals surface area contributed by atoms with Gasteiger partial charge in [0.1, 0.15) is 18.7 Å². The van der Waals surface area contributed by atoms with Crippen molar-refractivity contribution in [2.24, 2.45) is 0 Å². The second-order valence-corrected chi connectivity index (χ2v) is 10.4. The number of urea groups is 1. The maximum absolute atomic E-state index is 12.1. The number of aliphatic hydroxyl groups is 1. The molecule has 5 amide bonds. The quantitative estimate of drug-likeness (QED) is 0.0377. The summed E-state index contributed by atoms with van der Waals surface area (Å²) in [4.78, 5) is 80.2. The van der Waals surface area contributed by atoms with Crippen LogP contribution in [0.5, 0.6) is 0 Å². The second-order valence-electron chi connectivity index (χ2n) is 10.4. The Balaban J connectivity index is 3.76. The molecule has 0 aliphatic rings. The number of rotatable bonds is 31. The van der Waals surface area contributed by atoms with Crippen molar-refractivity contribution in [1.29, 1.82) is 0 Å². The van der Waals surface area contributed by atoms with Crippen molar-refractivity contribution in [2.45, 2.75) is 76.3 Å². The summed E-state index contributed by atoms with van der Waals surface area (Å²) in [5.41, 5.74) is 0. The number of carboxylic acids is 3. The van der Waals surface area contributed by atoms with Crippen LogP contribution in [0.25, 0.3) is 0 Å². The summed E-state index contributed by atoms with van der Waals surface area (Å²) in [5, 5.41) is 47.7. The van der Waals surface area contributed by atoms with Gasteiger partial charge < -0.3 is 61.2 Å². The highest BCUT2D eigenvalue weighted by Crippen LogP contribution is 2.06. The van der Waals surface area contributed by atoms with Gasteiger partial charge in [-0.25, -0.2) is 14.4 Å². The summed E-state index contributed by atoms with van der Waals surface area (Å²) in [5.74, 6) is -5.07. The fraction of sp³-hybridized carbons (Fsp3) is 0.759. The molecule has 19 heteroatoms. The molecule has 0 aliphatic heterocycles. The fourth-order valence-corrected chi connectivity index (χ4v) is 3.88. The van der Waals surface area contributed by atoms with E-state index in [9.17, 15) is 38.7 Å². The summed E-state index contributed by atoms with van der Waals surface area (Å²) >= 11 is 0. The van der Waals surface area contributed by atoms with Crippen LogP contribution < -0.4 is 26.6 Å². The van der Waals surface area contributed by atoms with Gasteiger partial charge in [0.25, 0.3) is 0 Å². The number of carbonyl (C=O) groups excluding carboxylic acids is 4. The predicted molar refractivity (Wildman–Crippen MR) is 167 cm³/mol. The van der Waals surface area contributed by atoms with Crippen molar-refractivity contribution in [3.05, 3.63) is 0 Å². The van der Waals surface area contributed by atoms with Crippen molar-refractivity contribution < 1.29 is 68.2 Å². The van der Waals surface area contributed by atoms with Gasteiger partial charge in [0.05, 0.1) is 39.6 Å². The molecule has 0 rings (SSSR count). The smallest absolute Gasteiger partial charge is 0.326 e. The van der Waals surface area contributed by atoms with Crippen molar-refractivity contribution >= 4 is 41.7 Å². The SMILES string of the molecule is O=C(O)CC[C@H](NC(=O)N[C@@H](CCC(=O)NCCCCCCCC(=O)NCCOCCOCCOCCNC(=O)CO)C(=O)O)C(=O)O. The molecule has 0 radical (unpaired) electrons. The number of hydrogen-bond acceptors (Lipinski definition) is 11.